The van der Waals surface area contributed by atoms with Crippen LogP contribution in [0.15, 0.2) is 12.1 Å². The fraction of sp³-hybridized carbons (Fsp3) is 0.581. The Morgan fingerprint density at radius 3 is 2.58 bits per heavy atom. The Kier molecular flexibility index (Phi) is 6.68. The van der Waals surface area contributed by atoms with E-state index >= 15 is 4.39 Å². The first kappa shape index (κ1) is 29.4. The van der Waals surface area contributed by atoms with E-state index < -0.39 is 40.5 Å². The molecular formula is C31H33ClF5N7O. The highest BCUT2D eigenvalue weighted by Gasteiger charge is 2.56. The number of aromatic nitrogens is 3. The quantitative estimate of drug-likeness (QED) is 0.349. The van der Waals surface area contributed by atoms with Gasteiger partial charge >= 0.3 is 12.2 Å². The summed E-state index contributed by atoms with van der Waals surface area (Å²) in [6.07, 6.45) is -1.92. The van der Waals surface area contributed by atoms with Crippen LogP contribution in [0.1, 0.15) is 43.2 Å². The monoisotopic (exact) mass is 649 g/mol. The molecule has 240 valence electrons. The van der Waals surface area contributed by atoms with Crippen LogP contribution in [-0.2, 0) is 6.18 Å². The van der Waals surface area contributed by atoms with Crippen LogP contribution in [0.4, 0.5) is 33.6 Å². The molecule has 3 N–H and O–H groups in total. The van der Waals surface area contributed by atoms with Gasteiger partial charge in [0, 0.05) is 43.5 Å². The average molecular weight is 650 g/mol. The number of ether oxygens (including phenoxy) is 1. The second-order valence-electron chi connectivity index (χ2n) is 13.3. The number of aryl methyl sites for hydroxylation is 1. The standard InChI is InChI=1S/C31H33ClF5N7O/c1-14-7-22(38)40-27(24(14)31(35,36)37)23-19(32)8-16-26(25(23)34)41-29(45-13-30-5-2-6-43(30)12-15(33)9-30)42-28(16)44-20-3-4-21(44)18-11-39-10-17(18)20/h7-8,15,17-18,20-21,39H,2-6,9-13H2,1H3,(H2,38,40)/t15-,17-,18+,20-,21+,30-/m1/s1. The molecule has 0 aliphatic carbocycles. The lowest BCUT2D eigenvalue weighted by Gasteiger charge is -2.31. The highest BCUT2D eigenvalue weighted by molar-refractivity contribution is 6.34. The van der Waals surface area contributed by atoms with Crippen LogP contribution in [0.3, 0.4) is 0 Å². The lowest BCUT2D eigenvalue weighted by Crippen LogP contribution is -2.43. The average Bonchev–Trinajstić information content (AvgIpc) is 3.76. The maximum absolute atomic E-state index is 16.8. The van der Waals surface area contributed by atoms with E-state index in [-0.39, 0.29) is 52.0 Å². The van der Waals surface area contributed by atoms with Gasteiger partial charge in [0.25, 0.3) is 0 Å². The van der Waals surface area contributed by atoms with Gasteiger partial charge in [0.2, 0.25) is 0 Å². The van der Waals surface area contributed by atoms with Gasteiger partial charge in [0.1, 0.15) is 29.9 Å². The van der Waals surface area contributed by atoms with Gasteiger partial charge in [-0.2, -0.15) is 23.1 Å². The molecule has 2 bridgehead atoms. The summed E-state index contributed by atoms with van der Waals surface area (Å²) in [5.74, 6) is -0.00871. The van der Waals surface area contributed by atoms with Crippen molar-refractivity contribution in [3.05, 3.63) is 34.1 Å². The van der Waals surface area contributed by atoms with Gasteiger partial charge in [-0.05, 0) is 68.7 Å². The lowest BCUT2D eigenvalue weighted by atomic mass is 9.82. The second kappa shape index (κ2) is 10.2. The summed E-state index contributed by atoms with van der Waals surface area (Å²) in [4.78, 5) is 17.5. The number of nitrogens with one attached hydrogen (secondary N) is 1. The van der Waals surface area contributed by atoms with E-state index in [1.165, 1.54) is 13.0 Å². The van der Waals surface area contributed by atoms with E-state index in [2.05, 4.69) is 25.1 Å². The molecule has 8 rings (SSSR count). The molecule has 7 heterocycles. The molecule has 5 aliphatic rings. The molecule has 8 nitrogen and oxygen atoms in total. The second-order valence-corrected chi connectivity index (χ2v) is 13.7. The molecule has 0 spiro atoms. The predicted molar refractivity (Wildman–Crippen MR) is 160 cm³/mol. The molecule has 0 radical (unpaired) electrons. The Labute approximate surface area is 261 Å². The molecule has 5 aliphatic heterocycles. The zero-order chi connectivity index (χ0) is 31.4. The van der Waals surface area contributed by atoms with Gasteiger partial charge in [-0.15, -0.1) is 0 Å². The zero-order valence-corrected chi connectivity index (χ0v) is 25.4. The van der Waals surface area contributed by atoms with Gasteiger partial charge in [0.15, 0.2) is 5.82 Å². The molecule has 0 saturated carbocycles. The first-order valence-electron chi connectivity index (χ1n) is 15.5. The molecule has 45 heavy (non-hydrogen) atoms. The number of nitrogens with two attached hydrogens (primary N) is 1. The number of hydrogen-bond acceptors (Lipinski definition) is 8. The van der Waals surface area contributed by atoms with Crippen molar-refractivity contribution in [2.45, 2.75) is 69.0 Å². The fourth-order valence-corrected chi connectivity index (χ4v) is 9.39. The minimum atomic E-state index is -4.85. The first-order chi connectivity index (χ1) is 21.4. The number of fused-ring (bicyclic) bond motifs is 7. The normalized spacial score (nSPS) is 30.9. The number of pyridine rings is 1. The van der Waals surface area contributed by atoms with Gasteiger partial charge in [-0.3, -0.25) is 4.90 Å². The van der Waals surface area contributed by atoms with E-state index in [4.69, 9.17) is 27.1 Å². The summed E-state index contributed by atoms with van der Waals surface area (Å²) in [5, 5.41) is 3.52. The molecule has 2 aromatic heterocycles. The summed E-state index contributed by atoms with van der Waals surface area (Å²) in [6, 6.07) is 2.74. The summed E-state index contributed by atoms with van der Waals surface area (Å²) >= 11 is 6.65. The van der Waals surface area contributed by atoms with Crippen molar-refractivity contribution in [2.24, 2.45) is 11.8 Å². The lowest BCUT2D eigenvalue weighted by molar-refractivity contribution is -0.137. The molecule has 3 aromatic rings. The van der Waals surface area contributed by atoms with Crippen molar-refractivity contribution in [3.8, 4) is 17.3 Å². The summed E-state index contributed by atoms with van der Waals surface area (Å²) < 4.78 is 80.3. The molecule has 6 atom stereocenters. The van der Waals surface area contributed by atoms with Crippen LogP contribution in [0.25, 0.3) is 22.2 Å². The van der Waals surface area contributed by atoms with Crippen molar-refractivity contribution in [1.82, 2.24) is 25.2 Å². The van der Waals surface area contributed by atoms with Crippen LogP contribution < -0.4 is 20.7 Å². The molecule has 0 amide bonds. The summed E-state index contributed by atoms with van der Waals surface area (Å²) in [6.45, 7) is 4.22. The first-order valence-corrected chi connectivity index (χ1v) is 15.9. The number of rotatable bonds is 5. The van der Waals surface area contributed by atoms with Crippen molar-refractivity contribution < 1.29 is 26.7 Å². The zero-order valence-electron chi connectivity index (χ0n) is 24.6. The van der Waals surface area contributed by atoms with Crippen LogP contribution in [0.5, 0.6) is 6.01 Å². The van der Waals surface area contributed by atoms with Gasteiger partial charge in [0.05, 0.1) is 27.4 Å². The molecule has 1 aromatic carbocycles. The highest BCUT2D eigenvalue weighted by Crippen LogP contribution is 2.52. The van der Waals surface area contributed by atoms with Crippen LogP contribution in [0.2, 0.25) is 5.02 Å². The summed E-state index contributed by atoms with van der Waals surface area (Å²) in [5.41, 5.74) is 2.58. The molecule has 5 fully saturated rings. The van der Waals surface area contributed by atoms with Crippen molar-refractivity contribution in [1.29, 1.82) is 0 Å². The van der Waals surface area contributed by atoms with Crippen LogP contribution >= 0.6 is 11.6 Å². The topological polar surface area (TPSA) is 92.4 Å². The molecule has 5 saturated heterocycles. The number of halogens is 6. The van der Waals surface area contributed by atoms with E-state index in [9.17, 15) is 17.6 Å². The number of benzene rings is 1. The smallest absolute Gasteiger partial charge is 0.418 e. The fourth-order valence-electron chi connectivity index (χ4n) is 9.11. The third-order valence-corrected chi connectivity index (χ3v) is 11.1. The Bertz CT molecular complexity index is 1690. The van der Waals surface area contributed by atoms with E-state index in [0.29, 0.717) is 30.6 Å². The Balaban J connectivity index is 1.29. The SMILES string of the molecule is Cc1cc(N)nc(-c2c(Cl)cc3c(N4[C@@H]5CC[C@H]4[C@H]4CNC[C@H]45)nc(OC[C@]45CCCN4C[C@H](F)C5)nc3c2F)c1C(F)(F)F. The number of anilines is 2. The number of nitrogen functional groups attached to an aromatic ring is 1. The Morgan fingerprint density at radius 2 is 1.87 bits per heavy atom. The maximum Gasteiger partial charge on any atom is 0.418 e. The van der Waals surface area contributed by atoms with Crippen molar-refractivity contribution in [2.75, 3.05) is 43.4 Å². The highest BCUT2D eigenvalue weighted by atomic mass is 35.5. The number of nitrogens with zero attached hydrogens (tertiary/aromatic N) is 5. The van der Waals surface area contributed by atoms with E-state index in [1.807, 2.05) is 0 Å². The number of hydrogen-bond donors (Lipinski definition) is 2. The van der Waals surface area contributed by atoms with Crippen molar-refractivity contribution in [3.63, 3.8) is 0 Å². The Hall–Kier alpha value is -3.03. The third kappa shape index (κ3) is 4.47. The van der Waals surface area contributed by atoms with E-state index in [0.717, 1.165) is 51.4 Å². The minimum absolute atomic E-state index is 0.101. The predicted octanol–water partition coefficient (Wildman–Crippen LogP) is 5.54. The largest absolute Gasteiger partial charge is 0.461 e. The summed E-state index contributed by atoms with van der Waals surface area (Å²) in [7, 11) is 0. The van der Waals surface area contributed by atoms with Crippen molar-refractivity contribution >= 4 is 34.1 Å². The van der Waals surface area contributed by atoms with Crippen LogP contribution in [-0.4, -0.2) is 76.4 Å². The van der Waals surface area contributed by atoms with Crippen LogP contribution in [0, 0.1) is 24.6 Å². The van der Waals surface area contributed by atoms with E-state index in [1.54, 1.807) is 0 Å². The third-order valence-electron chi connectivity index (χ3n) is 10.8. The maximum atomic E-state index is 16.8. The number of alkyl halides is 4. The minimum Gasteiger partial charge on any atom is -0.461 e. The molecular weight excluding hydrogens is 617 g/mol. The molecule has 14 heteroatoms. The molecule has 0 unspecified atom stereocenters. The van der Waals surface area contributed by atoms with Gasteiger partial charge in [-0.25, -0.2) is 13.8 Å². The van der Waals surface area contributed by atoms with Gasteiger partial charge < -0.3 is 20.7 Å². The van der Waals surface area contributed by atoms with Gasteiger partial charge in [-0.1, -0.05) is 11.6 Å². The Morgan fingerprint density at radius 1 is 1.13 bits per heavy atom.